The highest BCUT2D eigenvalue weighted by molar-refractivity contribution is 9.10. The first kappa shape index (κ1) is 17.7. The van der Waals surface area contributed by atoms with Gasteiger partial charge in [-0.15, -0.1) is 0 Å². The number of aromatic nitrogens is 1. The summed E-state index contributed by atoms with van der Waals surface area (Å²) in [5.74, 6) is -0.00115. The van der Waals surface area contributed by atoms with Crippen LogP contribution < -0.4 is 10.2 Å². The SMILES string of the molecule is CCCC[C@H](Br)C(=O)Nc1nc2ccc(N3CCCCC3)cc2s1. The summed E-state index contributed by atoms with van der Waals surface area (Å²) < 4.78 is 1.13. The minimum absolute atomic E-state index is 0.00115. The van der Waals surface area contributed by atoms with Crippen molar-refractivity contribution in [3.8, 4) is 0 Å². The number of amides is 1. The lowest BCUT2D eigenvalue weighted by molar-refractivity contribution is -0.115. The fourth-order valence-corrected chi connectivity index (χ4v) is 4.35. The summed E-state index contributed by atoms with van der Waals surface area (Å²) in [7, 11) is 0. The zero-order valence-electron chi connectivity index (χ0n) is 14.1. The first-order valence-corrected chi connectivity index (χ1v) is 10.5. The van der Waals surface area contributed by atoms with E-state index in [9.17, 15) is 4.79 Å². The summed E-state index contributed by atoms with van der Waals surface area (Å²) in [6.45, 7) is 4.40. The van der Waals surface area contributed by atoms with Crippen molar-refractivity contribution in [1.29, 1.82) is 0 Å². The van der Waals surface area contributed by atoms with Crippen LogP contribution in [0.2, 0.25) is 0 Å². The van der Waals surface area contributed by atoms with Crippen molar-refractivity contribution < 1.29 is 4.79 Å². The molecular formula is C18H24BrN3OS. The molecule has 2 heterocycles. The van der Waals surface area contributed by atoms with Crippen LogP contribution >= 0.6 is 27.3 Å². The van der Waals surface area contributed by atoms with Crippen LogP contribution in [0.4, 0.5) is 10.8 Å². The summed E-state index contributed by atoms with van der Waals surface area (Å²) in [5.41, 5.74) is 2.22. The van der Waals surface area contributed by atoms with Crippen LogP contribution in [0.1, 0.15) is 45.4 Å². The molecule has 0 bridgehead atoms. The van der Waals surface area contributed by atoms with Crippen molar-refractivity contribution in [3.63, 3.8) is 0 Å². The molecular weight excluding hydrogens is 386 g/mol. The Kier molecular flexibility index (Phi) is 6.11. The quantitative estimate of drug-likeness (QED) is 0.668. The van der Waals surface area contributed by atoms with Crippen LogP contribution in [-0.2, 0) is 4.79 Å². The largest absolute Gasteiger partial charge is 0.371 e. The molecule has 6 heteroatoms. The lowest BCUT2D eigenvalue weighted by Gasteiger charge is -2.28. The van der Waals surface area contributed by atoms with Gasteiger partial charge in [0.15, 0.2) is 5.13 Å². The Labute approximate surface area is 155 Å². The summed E-state index contributed by atoms with van der Waals surface area (Å²) in [6, 6.07) is 6.41. The highest BCUT2D eigenvalue weighted by Crippen LogP contribution is 2.31. The van der Waals surface area contributed by atoms with E-state index in [-0.39, 0.29) is 10.7 Å². The van der Waals surface area contributed by atoms with Gasteiger partial charge >= 0.3 is 0 Å². The molecule has 4 nitrogen and oxygen atoms in total. The summed E-state index contributed by atoms with van der Waals surface area (Å²) >= 11 is 5.02. The molecule has 1 saturated heterocycles. The van der Waals surface area contributed by atoms with E-state index in [1.165, 1.54) is 24.9 Å². The van der Waals surface area contributed by atoms with Gasteiger partial charge in [-0.05, 0) is 43.9 Å². The van der Waals surface area contributed by atoms with Crippen LogP contribution in [0, 0.1) is 0 Å². The molecule has 1 fully saturated rings. The zero-order valence-corrected chi connectivity index (χ0v) is 16.5. The number of hydrogen-bond donors (Lipinski definition) is 1. The maximum Gasteiger partial charge on any atom is 0.239 e. The minimum atomic E-state index is -0.145. The number of carbonyl (C=O) groups excluding carboxylic acids is 1. The Hall–Kier alpha value is -1.14. The van der Waals surface area contributed by atoms with E-state index < -0.39 is 0 Å². The minimum Gasteiger partial charge on any atom is -0.371 e. The van der Waals surface area contributed by atoms with E-state index in [0.717, 1.165) is 42.6 Å². The Balaban J connectivity index is 1.70. The van der Waals surface area contributed by atoms with Crippen LogP contribution in [0.25, 0.3) is 10.2 Å². The predicted octanol–water partition coefficient (Wildman–Crippen LogP) is 5.18. The van der Waals surface area contributed by atoms with E-state index in [1.807, 2.05) is 0 Å². The average molecular weight is 410 g/mol. The van der Waals surface area contributed by atoms with E-state index >= 15 is 0 Å². The fourth-order valence-electron chi connectivity index (χ4n) is 3.01. The van der Waals surface area contributed by atoms with Gasteiger partial charge in [0.05, 0.1) is 15.0 Å². The van der Waals surface area contributed by atoms with Crippen molar-refractivity contribution in [2.75, 3.05) is 23.3 Å². The number of carbonyl (C=O) groups is 1. The number of benzene rings is 1. The second-order valence-corrected chi connectivity index (χ2v) is 8.45. The Morgan fingerprint density at radius 1 is 1.38 bits per heavy atom. The highest BCUT2D eigenvalue weighted by atomic mass is 79.9. The van der Waals surface area contributed by atoms with E-state index in [0.29, 0.717) is 5.13 Å². The Morgan fingerprint density at radius 2 is 2.17 bits per heavy atom. The standard InChI is InChI=1S/C18H24BrN3OS/c1-2-3-7-14(19)17(23)21-18-20-15-9-8-13(12-16(15)24-18)22-10-5-4-6-11-22/h8-9,12,14H,2-7,10-11H2,1H3,(H,20,21,23)/t14-/m0/s1. The number of anilines is 2. The lowest BCUT2D eigenvalue weighted by Crippen LogP contribution is -2.29. The third kappa shape index (κ3) is 4.28. The molecule has 0 unspecified atom stereocenters. The summed E-state index contributed by atoms with van der Waals surface area (Å²) in [4.78, 5) is 19.1. The number of rotatable bonds is 6. The van der Waals surface area contributed by atoms with Crippen molar-refractivity contribution >= 4 is 54.2 Å². The van der Waals surface area contributed by atoms with Crippen LogP contribution in [0.15, 0.2) is 18.2 Å². The number of fused-ring (bicyclic) bond motifs is 1. The normalized spacial score (nSPS) is 16.3. The molecule has 2 aromatic rings. The molecule has 0 saturated carbocycles. The van der Waals surface area contributed by atoms with Gasteiger partial charge in [0.25, 0.3) is 0 Å². The first-order valence-electron chi connectivity index (χ1n) is 8.78. The molecule has 1 aromatic heterocycles. The van der Waals surface area contributed by atoms with E-state index in [2.05, 4.69) is 56.3 Å². The molecule has 1 amide bonds. The molecule has 1 aromatic carbocycles. The molecule has 1 aliphatic heterocycles. The molecule has 0 aliphatic carbocycles. The fraction of sp³-hybridized carbons (Fsp3) is 0.556. The average Bonchev–Trinajstić information content (AvgIpc) is 3.01. The Morgan fingerprint density at radius 3 is 2.92 bits per heavy atom. The van der Waals surface area contributed by atoms with Gasteiger partial charge in [-0.1, -0.05) is 47.0 Å². The highest BCUT2D eigenvalue weighted by Gasteiger charge is 2.17. The van der Waals surface area contributed by atoms with Gasteiger partial charge in [-0.3, -0.25) is 4.79 Å². The molecule has 0 radical (unpaired) electrons. The van der Waals surface area contributed by atoms with Crippen molar-refractivity contribution in [2.24, 2.45) is 0 Å². The number of unbranched alkanes of at least 4 members (excludes halogenated alkanes) is 1. The number of alkyl halides is 1. The van der Waals surface area contributed by atoms with Crippen molar-refractivity contribution in [3.05, 3.63) is 18.2 Å². The first-order chi connectivity index (χ1) is 11.7. The predicted molar refractivity (Wildman–Crippen MR) is 107 cm³/mol. The number of halogens is 1. The molecule has 130 valence electrons. The number of thiazole rings is 1. The molecule has 1 atom stereocenters. The third-order valence-corrected chi connectivity index (χ3v) is 6.23. The number of hydrogen-bond acceptors (Lipinski definition) is 4. The van der Waals surface area contributed by atoms with Gasteiger partial charge in [0.2, 0.25) is 5.91 Å². The second kappa shape index (κ2) is 8.30. The van der Waals surface area contributed by atoms with Gasteiger partial charge in [-0.25, -0.2) is 4.98 Å². The van der Waals surface area contributed by atoms with Gasteiger partial charge in [-0.2, -0.15) is 0 Å². The summed E-state index contributed by atoms with van der Waals surface area (Å²) in [5, 5.41) is 3.63. The Bertz CT molecular complexity index is 697. The summed E-state index contributed by atoms with van der Waals surface area (Å²) in [6.07, 6.45) is 6.87. The van der Waals surface area contributed by atoms with Crippen LogP contribution in [-0.4, -0.2) is 28.8 Å². The maximum atomic E-state index is 12.2. The number of nitrogens with one attached hydrogen (secondary N) is 1. The molecule has 3 rings (SSSR count). The van der Waals surface area contributed by atoms with Gasteiger partial charge in [0.1, 0.15) is 0 Å². The topological polar surface area (TPSA) is 45.2 Å². The molecule has 0 spiro atoms. The number of piperidine rings is 1. The monoisotopic (exact) mass is 409 g/mol. The zero-order chi connectivity index (χ0) is 16.9. The smallest absolute Gasteiger partial charge is 0.239 e. The van der Waals surface area contributed by atoms with Gasteiger partial charge in [0, 0.05) is 18.8 Å². The van der Waals surface area contributed by atoms with Crippen LogP contribution in [0.5, 0.6) is 0 Å². The van der Waals surface area contributed by atoms with Crippen molar-refractivity contribution in [1.82, 2.24) is 4.98 Å². The van der Waals surface area contributed by atoms with E-state index in [4.69, 9.17) is 0 Å². The second-order valence-electron chi connectivity index (χ2n) is 6.32. The van der Waals surface area contributed by atoms with Crippen molar-refractivity contribution in [2.45, 2.75) is 50.3 Å². The van der Waals surface area contributed by atoms with Crippen LogP contribution in [0.3, 0.4) is 0 Å². The van der Waals surface area contributed by atoms with Gasteiger partial charge < -0.3 is 10.2 Å². The van der Waals surface area contributed by atoms with E-state index in [1.54, 1.807) is 11.3 Å². The molecule has 1 N–H and O–H groups in total. The third-order valence-electron chi connectivity index (χ3n) is 4.42. The molecule has 24 heavy (non-hydrogen) atoms. The maximum absolute atomic E-state index is 12.2. The number of nitrogens with zero attached hydrogens (tertiary/aromatic N) is 2. The molecule has 1 aliphatic rings. The lowest BCUT2D eigenvalue weighted by atomic mass is 10.1.